The number of hydrogen-bond acceptors (Lipinski definition) is 5. The van der Waals surface area contributed by atoms with Gasteiger partial charge in [-0.1, -0.05) is 17.7 Å². The van der Waals surface area contributed by atoms with E-state index in [9.17, 15) is 19.2 Å². The molecule has 1 atom stereocenters. The molecule has 2 aromatic rings. The second kappa shape index (κ2) is 10.5. The second-order valence-electron chi connectivity index (χ2n) is 5.94. The fraction of sp³-hybridized carbons (Fsp3) is 0.100. The minimum absolute atomic E-state index is 0.00426. The molecule has 0 aliphatic rings. The maximum atomic E-state index is 12.5. The van der Waals surface area contributed by atoms with Gasteiger partial charge in [-0.05, 0) is 43.3 Å². The van der Waals surface area contributed by atoms with Crippen LogP contribution in [0.1, 0.15) is 17.3 Å². The monoisotopic (exact) mass is 448 g/mol. The van der Waals surface area contributed by atoms with Crippen molar-refractivity contribution in [2.45, 2.75) is 17.1 Å². The molecule has 0 radical (unpaired) electrons. The van der Waals surface area contributed by atoms with E-state index in [1.165, 1.54) is 30.0 Å². The van der Waals surface area contributed by atoms with Gasteiger partial charge in [-0.15, -0.1) is 11.8 Å². The molecule has 0 bridgehead atoms. The molecular weight excluding hydrogens is 432 g/mol. The van der Waals surface area contributed by atoms with Gasteiger partial charge in [0.25, 0.3) is 0 Å². The lowest BCUT2D eigenvalue weighted by Gasteiger charge is -2.14. The van der Waals surface area contributed by atoms with Gasteiger partial charge >= 0.3 is 11.9 Å². The van der Waals surface area contributed by atoms with Gasteiger partial charge in [-0.2, -0.15) is 0 Å². The van der Waals surface area contributed by atoms with Crippen LogP contribution in [0.3, 0.4) is 0 Å². The van der Waals surface area contributed by atoms with Crippen molar-refractivity contribution in [2.24, 2.45) is 0 Å². The predicted octanol–water partition coefficient (Wildman–Crippen LogP) is 3.74. The van der Waals surface area contributed by atoms with Gasteiger partial charge in [0, 0.05) is 22.7 Å². The number of nitrogens with one attached hydrogen (secondary N) is 2. The highest BCUT2D eigenvalue weighted by molar-refractivity contribution is 8.00. The van der Waals surface area contributed by atoms with E-state index in [-0.39, 0.29) is 22.2 Å². The van der Waals surface area contributed by atoms with Gasteiger partial charge in [0.05, 0.1) is 21.5 Å². The number of carbonyl (C=O) groups is 4. The summed E-state index contributed by atoms with van der Waals surface area (Å²) in [5.41, 5.74) is 0.625. The SMILES string of the molecule is CC(Sc1cccc(NC(=O)/C=C/C(=O)O)c1)C(=O)Nc1cc(C(=O)O)ccc1Cl. The normalized spacial score (nSPS) is 11.7. The smallest absolute Gasteiger partial charge is 0.335 e. The molecule has 0 spiro atoms. The highest BCUT2D eigenvalue weighted by atomic mass is 35.5. The van der Waals surface area contributed by atoms with Crippen LogP contribution in [0.15, 0.2) is 59.5 Å². The Hall–Kier alpha value is -3.30. The predicted molar refractivity (Wildman–Crippen MR) is 114 cm³/mol. The fourth-order valence-electron chi connectivity index (χ4n) is 2.22. The lowest BCUT2D eigenvalue weighted by molar-refractivity contribution is -0.131. The molecule has 4 N–H and O–H groups in total. The number of aliphatic carboxylic acids is 1. The van der Waals surface area contributed by atoms with Crippen LogP contribution in [0.2, 0.25) is 5.02 Å². The van der Waals surface area contributed by atoms with Crippen molar-refractivity contribution < 1.29 is 29.4 Å². The van der Waals surface area contributed by atoms with Crippen molar-refractivity contribution >= 4 is 58.5 Å². The van der Waals surface area contributed by atoms with Gasteiger partial charge in [0.1, 0.15) is 0 Å². The molecule has 10 heteroatoms. The van der Waals surface area contributed by atoms with E-state index in [1.54, 1.807) is 31.2 Å². The van der Waals surface area contributed by atoms with E-state index in [0.717, 1.165) is 12.2 Å². The molecule has 0 aliphatic heterocycles. The second-order valence-corrected chi connectivity index (χ2v) is 7.76. The summed E-state index contributed by atoms with van der Waals surface area (Å²) in [5.74, 6) is -3.36. The lowest BCUT2D eigenvalue weighted by Crippen LogP contribution is -2.22. The molecule has 0 aliphatic carbocycles. The van der Waals surface area contributed by atoms with E-state index in [2.05, 4.69) is 10.6 Å². The maximum Gasteiger partial charge on any atom is 0.335 e. The molecule has 0 heterocycles. The quantitative estimate of drug-likeness (QED) is 0.357. The number of rotatable bonds is 8. The summed E-state index contributed by atoms with van der Waals surface area (Å²) in [7, 11) is 0. The van der Waals surface area contributed by atoms with Crippen LogP contribution in [-0.4, -0.2) is 39.2 Å². The molecule has 1 unspecified atom stereocenters. The Labute approximate surface area is 180 Å². The third-order valence-corrected chi connectivity index (χ3v) is 5.06. The molecule has 0 aromatic heterocycles. The van der Waals surface area contributed by atoms with Gasteiger partial charge in [-0.25, -0.2) is 9.59 Å². The molecule has 156 valence electrons. The van der Waals surface area contributed by atoms with Crippen LogP contribution in [0.5, 0.6) is 0 Å². The first-order chi connectivity index (χ1) is 14.2. The molecule has 0 saturated carbocycles. The Balaban J connectivity index is 2.04. The number of hydrogen-bond donors (Lipinski definition) is 4. The number of carboxylic acids is 2. The number of anilines is 2. The summed E-state index contributed by atoms with van der Waals surface area (Å²) in [6.07, 6.45) is 1.62. The van der Waals surface area contributed by atoms with Gasteiger partial charge in [0.2, 0.25) is 11.8 Å². The molecule has 8 nitrogen and oxygen atoms in total. The first-order valence-corrected chi connectivity index (χ1v) is 9.74. The topological polar surface area (TPSA) is 133 Å². The van der Waals surface area contributed by atoms with Crippen molar-refractivity contribution in [3.05, 3.63) is 65.2 Å². The minimum atomic E-state index is -1.23. The number of thioether (sulfide) groups is 1. The summed E-state index contributed by atoms with van der Waals surface area (Å²) in [6, 6.07) is 10.7. The molecule has 0 fully saturated rings. The molecule has 30 heavy (non-hydrogen) atoms. The van der Waals surface area contributed by atoms with Crippen LogP contribution in [0.4, 0.5) is 11.4 Å². The van der Waals surface area contributed by atoms with Crippen molar-refractivity contribution in [1.29, 1.82) is 0 Å². The third kappa shape index (κ3) is 6.94. The first-order valence-electron chi connectivity index (χ1n) is 8.48. The number of amides is 2. The molecular formula is C20H17ClN2O6S. The lowest BCUT2D eigenvalue weighted by atomic mass is 10.2. The van der Waals surface area contributed by atoms with E-state index < -0.39 is 23.1 Å². The van der Waals surface area contributed by atoms with Crippen LogP contribution in [0.25, 0.3) is 0 Å². The Morgan fingerprint density at radius 3 is 2.43 bits per heavy atom. The highest BCUT2D eigenvalue weighted by Gasteiger charge is 2.17. The summed E-state index contributed by atoms with van der Waals surface area (Å²) < 4.78 is 0. The Bertz CT molecular complexity index is 1020. The molecule has 2 rings (SSSR count). The van der Waals surface area contributed by atoms with E-state index >= 15 is 0 Å². The Kier molecular flexibility index (Phi) is 8.02. The zero-order chi connectivity index (χ0) is 22.3. The largest absolute Gasteiger partial charge is 0.478 e. The van der Waals surface area contributed by atoms with Crippen LogP contribution in [0, 0.1) is 0 Å². The average molecular weight is 449 g/mol. The average Bonchev–Trinajstić information content (AvgIpc) is 2.68. The highest BCUT2D eigenvalue weighted by Crippen LogP contribution is 2.28. The first kappa shape index (κ1) is 23.0. The fourth-order valence-corrected chi connectivity index (χ4v) is 3.32. The summed E-state index contributed by atoms with van der Waals surface area (Å²) >= 11 is 7.24. The zero-order valence-corrected chi connectivity index (χ0v) is 17.2. The molecule has 2 aromatic carbocycles. The summed E-state index contributed by atoms with van der Waals surface area (Å²) in [4.78, 5) is 46.4. The Morgan fingerprint density at radius 2 is 1.77 bits per heavy atom. The molecule has 2 amide bonds. The van der Waals surface area contributed by atoms with Crippen molar-refractivity contribution in [3.63, 3.8) is 0 Å². The van der Waals surface area contributed by atoms with Gasteiger partial charge < -0.3 is 20.8 Å². The third-order valence-electron chi connectivity index (χ3n) is 3.63. The van der Waals surface area contributed by atoms with Gasteiger partial charge in [-0.3, -0.25) is 9.59 Å². The number of carbonyl (C=O) groups excluding carboxylic acids is 2. The standard InChI is InChI=1S/C20H17ClN2O6S/c1-11(19(27)23-16-9-12(20(28)29)5-6-15(16)21)30-14-4-2-3-13(10-14)22-17(24)7-8-18(25)26/h2-11H,1H3,(H,22,24)(H,23,27)(H,25,26)(H,28,29)/b8-7+. The van der Waals surface area contributed by atoms with E-state index in [0.29, 0.717) is 10.6 Å². The maximum absolute atomic E-state index is 12.5. The zero-order valence-electron chi connectivity index (χ0n) is 15.6. The van der Waals surface area contributed by atoms with E-state index in [4.69, 9.17) is 21.8 Å². The van der Waals surface area contributed by atoms with Crippen molar-refractivity contribution in [3.8, 4) is 0 Å². The minimum Gasteiger partial charge on any atom is -0.478 e. The van der Waals surface area contributed by atoms with Crippen molar-refractivity contribution in [2.75, 3.05) is 10.6 Å². The number of halogens is 1. The van der Waals surface area contributed by atoms with Crippen LogP contribution < -0.4 is 10.6 Å². The number of benzene rings is 2. The Morgan fingerprint density at radius 1 is 1.03 bits per heavy atom. The summed E-state index contributed by atoms with van der Waals surface area (Å²) in [5, 5.41) is 22.4. The molecule has 0 saturated heterocycles. The van der Waals surface area contributed by atoms with E-state index in [1.807, 2.05) is 0 Å². The summed E-state index contributed by atoms with van der Waals surface area (Å²) in [6.45, 7) is 1.66. The van der Waals surface area contributed by atoms with Crippen molar-refractivity contribution in [1.82, 2.24) is 0 Å². The van der Waals surface area contributed by atoms with Gasteiger partial charge in [0.15, 0.2) is 0 Å². The van der Waals surface area contributed by atoms with Crippen LogP contribution >= 0.6 is 23.4 Å². The number of carboxylic acid groups (broad SMARTS) is 2. The van der Waals surface area contributed by atoms with Crippen LogP contribution in [-0.2, 0) is 14.4 Å². The number of aromatic carboxylic acids is 1.